The van der Waals surface area contributed by atoms with Gasteiger partial charge < -0.3 is 10.2 Å². The first-order valence-corrected chi connectivity index (χ1v) is 5.23. The van der Waals surface area contributed by atoms with Crippen LogP contribution in [-0.4, -0.2) is 10.2 Å². The van der Waals surface area contributed by atoms with Crippen LogP contribution in [0.3, 0.4) is 0 Å². The third kappa shape index (κ3) is 0.813. The number of phenols is 2. The van der Waals surface area contributed by atoms with Gasteiger partial charge in [-0.3, -0.25) is 0 Å². The molecule has 0 heterocycles. The first kappa shape index (κ1) is 8.16. The predicted octanol–water partition coefficient (Wildman–Crippen LogP) is 2.77. The zero-order valence-electron chi connectivity index (χ0n) is 8.25. The minimum atomic E-state index is 0.391. The van der Waals surface area contributed by atoms with E-state index >= 15 is 0 Å². The van der Waals surface area contributed by atoms with Crippen molar-refractivity contribution in [2.24, 2.45) is 0 Å². The monoisotopic (exact) mass is 190 g/mol. The lowest BCUT2D eigenvalue weighted by molar-refractivity contribution is 0.439. The van der Waals surface area contributed by atoms with E-state index in [1.54, 1.807) is 6.07 Å². The molecule has 0 radical (unpaired) electrons. The lowest BCUT2D eigenvalue weighted by Crippen LogP contribution is -1.99. The Hall–Kier alpha value is -1.18. The third-order valence-corrected chi connectivity index (χ3v) is 3.80. The van der Waals surface area contributed by atoms with E-state index in [1.165, 1.54) is 12.8 Å². The van der Waals surface area contributed by atoms with Gasteiger partial charge in [0.25, 0.3) is 0 Å². The molecule has 0 aliphatic heterocycles. The number of fused-ring (bicyclic) bond motifs is 5. The molecule has 2 aliphatic rings. The highest BCUT2D eigenvalue weighted by Gasteiger charge is 2.41. The van der Waals surface area contributed by atoms with E-state index in [1.807, 2.05) is 6.92 Å². The molecule has 2 bridgehead atoms. The quantitative estimate of drug-likeness (QED) is 0.617. The zero-order valence-corrected chi connectivity index (χ0v) is 8.25. The van der Waals surface area contributed by atoms with Crippen LogP contribution in [0, 0.1) is 6.92 Å². The number of benzene rings is 1. The Balaban J connectivity index is 2.32. The maximum atomic E-state index is 9.95. The van der Waals surface area contributed by atoms with E-state index in [0.717, 1.165) is 23.1 Å². The molecule has 2 atom stereocenters. The smallest absolute Gasteiger partial charge is 0.122 e. The minimum absolute atomic E-state index is 0.391. The van der Waals surface area contributed by atoms with Gasteiger partial charge in [-0.05, 0) is 49.7 Å². The molecule has 0 saturated heterocycles. The molecule has 3 rings (SSSR count). The lowest BCUT2D eigenvalue weighted by atomic mass is 9.89. The highest BCUT2D eigenvalue weighted by atomic mass is 16.3. The molecule has 0 spiro atoms. The van der Waals surface area contributed by atoms with Gasteiger partial charge in [-0.25, -0.2) is 0 Å². The molecule has 14 heavy (non-hydrogen) atoms. The molecule has 1 fully saturated rings. The van der Waals surface area contributed by atoms with Crippen LogP contribution in [0.4, 0.5) is 0 Å². The lowest BCUT2D eigenvalue weighted by Gasteiger charge is -2.18. The first-order chi connectivity index (χ1) is 6.68. The number of hydrogen-bond acceptors (Lipinski definition) is 2. The summed E-state index contributed by atoms with van der Waals surface area (Å²) in [4.78, 5) is 0. The standard InChI is InChI=1S/C12H14O2/c1-6-4-9(13)10-7-2-3-8(5-7)11(10)12(6)14/h4,7-8,13-14H,2-3,5H2,1H3. The van der Waals surface area contributed by atoms with Gasteiger partial charge in [0.2, 0.25) is 0 Å². The second-order valence-corrected chi connectivity index (χ2v) is 4.60. The van der Waals surface area contributed by atoms with E-state index in [0.29, 0.717) is 23.3 Å². The Kier molecular flexibility index (Phi) is 1.42. The molecular formula is C12H14O2. The molecule has 0 amide bonds. The Morgan fingerprint density at radius 2 is 1.79 bits per heavy atom. The minimum Gasteiger partial charge on any atom is -0.508 e. The van der Waals surface area contributed by atoms with E-state index in [4.69, 9.17) is 0 Å². The highest BCUT2D eigenvalue weighted by Crippen LogP contribution is 2.58. The van der Waals surface area contributed by atoms with Crippen LogP contribution in [0.25, 0.3) is 0 Å². The number of phenolic OH excluding ortho intramolecular Hbond substituents is 2. The first-order valence-electron chi connectivity index (χ1n) is 5.23. The fourth-order valence-electron chi connectivity index (χ4n) is 3.18. The molecule has 74 valence electrons. The topological polar surface area (TPSA) is 40.5 Å². The summed E-state index contributed by atoms with van der Waals surface area (Å²) in [5.74, 6) is 1.81. The van der Waals surface area contributed by atoms with Gasteiger partial charge in [0.05, 0.1) is 0 Å². The fourth-order valence-corrected chi connectivity index (χ4v) is 3.18. The maximum absolute atomic E-state index is 9.95. The van der Waals surface area contributed by atoms with E-state index in [2.05, 4.69) is 0 Å². The molecule has 1 aromatic rings. The summed E-state index contributed by atoms with van der Waals surface area (Å²) in [6.07, 6.45) is 3.47. The predicted molar refractivity (Wildman–Crippen MR) is 53.8 cm³/mol. The van der Waals surface area contributed by atoms with Gasteiger partial charge in [0.1, 0.15) is 11.5 Å². The molecule has 2 heteroatoms. The summed E-state index contributed by atoms with van der Waals surface area (Å²) in [7, 11) is 0. The van der Waals surface area contributed by atoms with Crippen LogP contribution < -0.4 is 0 Å². The number of aryl methyl sites for hydroxylation is 1. The summed E-state index contributed by atoms with van der Waals surface area (Å²) in [5.41, 5.74) is 2.87. The summed E-state index contributed by atoms with van der Waals surface area (Å²) >= 11 is 0. The summed E-state index contributed by atoms with van der Waals surface area (Å²) in [6, 6.07) is 1.69. The van der Waals surface area contributed by atoms with E-state index in [9.17, 15) is 10.2 Å². The van der Waals surface area contributed by atoms with Gasteiger partial charge in [-0.2, -0.15) is 0 Å². The normalized spacial score (nSPS) is 28.1. The molecular weight excluding hydrogens is 176 g/mol. The van der Waals surface area contributed by atoms with Crippen LogP contribution in [0.1, 0.15) is 47.8 Å². The van der Waals surface area contributed by atoms with Crippen molar-refractivity contribution in [3.8, 4) is 11.5 Å². The van der Waals surface area contributed by atoms with Crippen LogP contribution >= 0.6 is 0 Å². The van der Waals surface area contributed by atoms with Crippen LogP contribution in [0.5, 0.6) is 11.5 Å². The summed E-state index contributed by atoms with van der Waals surface area (Å²) < 4.78 is 0. The van der Waals surface area contributed by atoms with Gasteiger partial charge in [0.15, 0.2) is 0 Å². The zero-order chi connectivity index (χ0) is 9.87. The second-order valence-electron chi connectivity index (χ2n) is 4.60. The van der Waals surface area contributed by atoms with Gasteiger partial charge in [-0.1, -0.05) is 0 Å². The van der Waals surface area contributed by atoms with Crippen molar-refractivity contribution in [2.45, 2.75) is 38.0 Å². The Labute approximate surface area is 83.2 Å². The molecule has 2 N–H and O–H groups in total. The summed E-state index contributed by atoms with van der Waals surface area (Å²) in [6.45, 7) is 1.85. The van der Waals surface area contributed by atoms with Crippen molar-refractivity contribution in [1.29, 1.82) is 0 Å². The molecule has 2 nitrogen and oxygen atoms in total. The average molecular weight is 190 g/mol. The largest absolute Gasteiger partial charge is 0.508 e. The van der Waals surface area contributed by atoms with Crippen molar-refractivity contribution in [2.75, 3.05) is 0 Å². The summed E-state index contributed by atoms with van der Waals surface area (Å²) in [5, 5.41) is 19.8. The Morgan fingerprint density at radius 3 is 2.50 bits per heavy atom. The SMILES string of the molecule is Cc1cc(O)c2c(c1O)C1CCC2C1. The molecule has 0 aromatic heterocycles. The van der Waals surface area contributed by atoms with Crippen molar-refractivity contribution in [1.82, 2.24) is 0 Å². The number of rotatable bonds is 0. The second kappa shape index (κ2) is 2.44. The fraction of sp³-hybridized carbons (Fsp3) is 0.500. The van der Waals surface area contributed by atoms with Crippen molar-refractivity contribution in [3.63, 3.8) is 0 Å². The highest BCUT2D eigenvalue weighted by molar-refractivity contribution is 5.58. The van der Waals surface area contributed by atoms with E-state index in [-0.39, 0.29) is 0 Å². The van der Waals surface area contributed by atoms with Crippen LogP contribution in [0.2, 0.25) is 0 Å². The van der Waals surface area contributed by atoms with E-state index < -0.39 is 0 Å². The average Bonchev–Trinajstić information content (AvgIpc) is 2.73. The third-order valence-electron chi connectivity index (χ3n) is 3.80. The van der Waals surface area contributed by atoms with Crippen molar-refractivity contribution >= 4 is 0 Å². The Bertz CT molecular complexity index is 409. The molecule has 2 unspecified atom stereocenters. The van der Waals surface area contributed by atoms with Crippen molar-refractivity contribution in [3.05, 3.63) is 22.8 Å². The molecule has 1 saturated carbocycles. The van der Waals surface area contributed by atoms with Crippen molar-refractivity contribution < 1.29 is 10.2 Å². The van der Waals surface area contributed by atoms with Gasteiger partial charge >= 0.3 is 0 Å². The van der Waals surface area contributed by atoms with Gasteiger partial charge in [-0.15, -0.1) is 0 Å². The number of hydrogen-bond donors (Lipinski definition) is 2. The Morgan fingerprint density at radius 1 is 1.14 bits per heavy atom. The van der Waals surface area contributed by atoms with Crippen LogP contribution in [-0.2, 0) is 0 Å². The number of aromatic hydroxyl groups is 2. The molecule has 1 aromatic carbocycles. The van der Waals surface area contributed by atoms with Gasteiger partial charge in [0, 0.05) is 11.1 Å². The van der Waals surface area contributed by atoms with Crippen LogP contribution in [0.15, 0.2) is 6.07 Å². The molecule has 2 aliphatic carbocycles. The maximum Gasteiger partial charge on any atom is 0.122 e.